The molecule has 0 N–H and O–H groups in total. The van der Waals surface area contributed by atoms with Gasteiger partial charge in [-0.15, -0.1) is 10.2 Å². The van der Waals surface area contributed by atoms with Gasteiger partial charge >= 0.3 is 10.1 Å². The van der Waals surface area contributed by atoms with Gasteiger partial charge in [0.1, 0.15) is 5.69 Å². The summed E-state index contributed by atoms with van der Waals surface area (Å²) in [4.78, 5) is 4.13. The molecule has 0 saturated carbocycles. The van der Waals surface area contributed by atoms with Crippen molar-refractivity contribution in [3.63, 3.8) is 0 Å². The van der Waals surface area contributed by atoms with E-state index >= 15 is 0 Å². The average Bonchev–Trinajstić information content (AvgIpc) is 2.65. The van der Waals surface area contributed by atoms with E-state index in [1.807, 2.05) is 36.4 Å². The SMILES string of the molecule is CS(=O)(=O)Oc1cc2c3c(nnnc3n1)-c1ccccc1C=C2. The summed E-state index contributed by atoms with van der Waals surface area (Å²) >= 11 is 0. The number of pyridine rings is 1. The molecule has 1 aliphatic rings. The Morgan fingerprint density at radius 2 is 1.83 bits per heavy atom. The molecule has 8 heteroatoms. The van der Waals surface area contributed by atoms with Crippen LogP contribution in [0.4, 0.5) is 0 Å². The summed E-state index contributed by atoms with van der Waals surface area (Å²) in [6.07, 6.45) is 4.75. The van der Waals surface area contributed by atoms with Crippen LogP contribution < -0.4 is 4.18 Å². The van der Waals surface area contributed by atoms with Crippen LogP contribution in [0.1, 0.15) is 11.1 Å². The number of hydrogen-bond acceptors (Lipinski definition) is 7. The molecule has 0 amide bonds. The molecule has 3 aromatic rings. The van der Waals surface area contributed by atoms with Crippen LogP contribution in [0.25, 0.3) is 34.4 Å². The van der Waals surface area contributed by atoms with Crippen LogP contribution in [0.5, 0.6) is 5.88 Å². The topological polar surface area (TPSA) is 94.9 Å². The molecule has 0 spiro atoms. The molecule has 23 heavy (non-hydrogen) atoms. The zero-order valence-electron chi connectivity index (χ0n) is 12.0. The Labute approximate surface area is 131 Å². The van der Waals surface area contributed by atoms with Gasteiger partial charge in [0, 0.05) is 11.6 Å². The van der Waals surface area contributed by atoms with Crippen molar-refractivity contribution in [2.24, 2.45) is 0 Å². The van der Waals surface area contributed by atoms with Crippen LogP contribution in [0, 0.1) is 0 Å². The van der Waals surface area contributed by atoms with E-state index in [0.717, 1.165) is 22.9 Å². The van der Waals surface area contributed by atoms with Gasteiger partial charge in [-0.05, 0) is 16.3 Å². The van der Waals surface area contributed by atoms with Crippen molar-refractivity contribution >= 4 is 33.3 Å². The zero-order chi connectivity index (χ0) is 16.0. The zero-order valence-corrected chi connectivity index (χ0v) is 12.8. The van der Waals surface area contributed by atoms with Crippen LogP contribution in [0.2, 0.25) is 0 Å². The van der Waals surface area contributed by atoms with E-state index in [2.05, 4.69) is 20.4 Å². The number of hydrogen-bond donors (Lipinski definition) is 0. The fraction of sp³-hybridized carbons (Fsp3) is 0.0667. The number of benzene rings is 1. The highest BCUT2D eigenvalue weighted by atomic mass is 32.2. The van der Waals surface area contributed by atoms with E-state index in [1.54, 1.807) is 6.07 Å². The normalized spacial score (nSPS) is 12.7. The molecule has 0 saturated heterocycles. The second kappa shape index (κ2) is 4.82. The first-order valence-electron chi connectivity index (χ1n) is 6.72. The molecule has 0 aliphatic heterocycles. The molecule has 0 fully saturated rings. The fourth-order valence-corrected chi connectivity index (χ4v) is 2.95. The Morgan fingerprint density at radius 1 is 1.04 bits per heavy atom. The lowest BCUT2D eigenvalue weighted by Gasteiger charge is -2.08. The molecule has 0 radical (unpaired) electrons. The molecular weight excluding hydrogens is 316 g/mol. The van der Waals surface area contributed by atoms with Gasteiger partial charge in [-0.3, -0.25) is 0 Å². The molecule has 0 atom stereocenters. The lowest BCUT2D eigenvalue weighted by molar-refractivity contribution is 0.483. The van der Waals surface area contributed by atoms with Crippen LogP contribution in [0.15, 0.2) is 30.3 Å². The average molecular weight is 326 g/mol. The highest BCUT2D eigenvalue weighted by Crippen LogP contribution is 2.35. The third-order valence-electron chi connectivity index (χ3n) is 3.42. The van der Waals surface area contributed by atoms with Crippen molar-refractivity contribution in [2.75, 3.05) is 6.26 Å². The summed E-state index contributed by atoms with van der Waals surface area (Å²) in [5, 5.41) is 12.5. The smallest absolute Gasteiger partial charge is 0.307 e. The Morgan fingerprint density at radius 3 is 2.65 bits per heavy atom. The van der Waals surface area contributed by atoms with Crippen molar-refractivity contribution in [2.45, 2.75) is 0 Å². The van der Waals surface area contributed by atoms with Crippen molar-refractivity contribution < 1.29 is 12.6 Å². The second-order valence-corrected chi connectivity index (χ2v) is 6.67. The molecule has 4 rings (SSSR count). The molecule has 1 aliphatic carbocycles. The van der Waals surface area contributed by atoms with Gasteiger partial charge < -0.3 is 4.18 Å². The Hall–Kier alpha value is -2.87. The lowest BCUT2D eigenvalue weighted by Crippen LogP contribution is -2.08. The minimum Gasteiger partial charge on any atom is -0.362 e. The summed E-state index contributed by atoms with van der Waals surface area (Å²) in [5.74, 6) is -0.0444. The predicted molar refractivity (Wildman–Crippen MR) is 85.0 cm³/mol. The summed E-state index contributed by atoms with van der Waals surface area (Å²) in [7, 11) is -3.68. The van der Waals surface area contributed by atoms with E-state index in [1.165, 1.54) is 0 Å². The van der Waals surface area contributed by atoms with E-state index in [-0.39, 0.29) is 11.5 Å². The van der Waals surface area contributed by atoms with Gasteiger partial charge in [-0.1, -0.05) is 36.4 Å². The quantitative estimate of drug-likeness (QED) is 0.519. The van der Waals surface area contributed by atoms with Crippen LogP contribution in [-0.2, 0) is 10.1 Å². The summed E-state index contributed by atoms with van der Waals surface area (Å²) in [5.41, 5.74) is 3.57. The minimum atomic E-state index is -3.68. The standard InChI is InChI=1S/C15H10N4O3S/c1-23(20,21)22-12-8-10-7-6-9-4-2-3-5-11(9)14-13(10)15(16-12)18-19-17-14/h2-8H,1H3. The molecule has 0 unspecified atom stereocenters. The Balaban J connectivity index is 2.05. The Bertz CT molecular complexity index is 1080. The van der Waals surface area contributed by atoms with E-state index in [0.29, 0.717) is 11.1 Å². The Kier molecular flexibility index (Phi) is 2.88. The number of nitrogens with zero attached hydrogens (tertiary/aromatic N) is 4. The lowest BCUT2D eigenvalue weighted by atomic mass is 10.0. The van der Waals surface area contributed by atoms with Gasteiger partial charge in [-0.25, -0.2) is 0 Å². The molecule has 0 bridgehead atoms. The molecule has 1 aromatic carbocycles. The maximum absolute atomic E-state index is 11.3. The van der Waals surface area contributed by atoms with Crippen molar-refractivity contribution in [1.29, 1.82) is 0 Å². The summed E-state index contributed by atoms with van der Waals surface area (Å²) in [6, 6.07) is 9.31. The number of rotatable bonds is 2. The van der Waals surface area contributed by atoms with Gasteiger partial charge in [0.25, 0.3) is 0 Å². The number of fused-ring (bicyclic) bond motifs is 2. The molecule has 2 heterocycles. The van der Waals surface area contributed by atoms with Crippen LogP contribution in [-0.4, -0.2) is 35.1 Å². The van der Waals surface area contributed by atoms with Crippen molar-refractivity contribution in [3.05, 3.63) is 41.5 Å². The first-order chi connectivity index (χ1) is 11.0. The third kappa shape index (κ3) is 2.42. The van der Waals surface area contributed by atoms with Gasteiger partial charge in [0.2, 0.25) is 5.88 Å². The molecule has 7 nitrogen and oxygen atoms in total. The van der Waals surface area contributed by atoms with E-state index in [9.17, 15) is 8.42 Å². The monoisotopic (exact) mass is 326 g/mol. The maximum Gasteiger partial charge on any atom is 0.307 e. The van der Waals surface area contributed by atoms with E-state index in [4.69, 9.17) is 4.18 Å². The molecule has 114 valence electrons. The van der Waals surface area contributed by atoms with Crippen molar-refractivity contribution in [3.8, 4) is 17.1 Å². The van der Waals surface area contributed by atoms with Gasteiger partial charge in [0.05, 0.1) is 11.6 Å². The molecule has 2 aromatic heterocycles. The van der Waals surface area contributed by atoms with Crippen LogP contribution >= 0.6 is 0 Å². The first-order valence-corrected chi connectivity index (χ1v) is 8.54. The second-order valence-electron chi connectivity index (χ2n) is 5.09. The minimum absolute atomic E-state index is 0.0444. The fourth-order valence-electron chi connectivity index (χ4n) is 2.56. The predicted octanol–water partition coefficient (Wildman–Crippen LogP) is 1.91. The maximum atomic E-state index is 11.3. The summed E-state index contributed by atoms with van der Waals surface area (Å²) < 4.78 is 27.5. The van der Waals surface area contributed by atoms with Gasteiger partial charge in [-0.2, -0.15) is 13.4 Å². The third-order valence-corrected chi connectivity index (χ3v) is 3.90. The highest BCUT2D eigenvalue weighted by Gasteiger charge is 2.19. The number of aromatic nitrogens is 4. The van der Waals surface area contributed by atoms with E-state index < -0.39 is 10.1 Å². The largest absolute Gasteiger partial charge is 0.362 e. The summed E-state index contributed by atoms with van der Waals surface area (Å²) in [6.45, 7) is 0. The molecular formula is C15H10N4O3S. The first kappa shape index (κ1) is 13.8. The highest BCUT2D eigenvalue weighted by molar-refractivity contribution is 7.86. The van der Waals surface area contributed by atoms with Gasteiger partial charge in [0.15, 0.2) is 5.65 Å². The van der Waals surface area contributed by atoms with Crippen molar-refractivity contribution in [1.82, 2.24) is 20.4 Å². The van der Waals surface area contributed by atoms with Crippen LogP contribution in [0.3, 0.4) is 0 Å².